The molecule has 2 aromatic heterocycles. The number of rotatable bonds is 0. The SMILES string of the molecule is c1ccc2c(c1)c1cccc3c1n2C1CCCC2CC(CCC3C1)n1c3ccccc3c3cccc2c31. The van der Waals surface area contributed by atoms with E-state index in [-0.39, 0.29) is 0 Å². The van der Waals surface area contributed by atoms with Gasteiger partial charge in [-0.3, -0.25) is 0 Å². The zero-order valence-electron chi connectivity index (χ0n) is 21.2. The summed E-state index contributed by atoms with van der Waals surface area (Å²) >= 11 is 0. The molecule has 182 valence electrons. The van der Waals surface area contributed by atoms with Gasteiger partial charge in [-0.2, -0.15) is 0 Å². The first kappa shape index (κ1) is 20.5. The molecule has 4 unspecified atom stereocenters. The first-order chi connectivity index (χ1) is 18.4. The lowest BCUT2D eigenvalue weighted by molar-refractivity contribution is 0.358. The lowest BCUT2D eigenvalue weighted by Gasteiger charge is -2.34. The van der Waals surface area contributed by atoms with E-state index in [1.807, 2.05) is 0 Å². The molecule has 0 spiro atoms. The first-order valence-corrected chi connectivity index (χ1v) is 14.4. The van der Waals surface area contributed by atoms with E-state index in [0.29, 0.717) is 23.9 Å². The molecule has 1 aliphatic carbocycles. The maximum absolute atomic E-state index is 2.76. The lowest BCUT2D eigenvalue weighted by atomic mass is 9.81. The van der Waals surface area contributed by atoms with Crippen molar-refractivity contribution in [3.63, 3.8) is 0 Å². The van der Waals surface area contributed by atoms with Crippen LogP contribution in [0, 0.1) is 0 Å². The van der Waals surface area contributed by atoms with Gasteiger partial charge in [0, 0.05) is 44.7 Å². The summed E-state index contributed by atoms with van der Waals surface area (Å²) < 4.78 is 5.50. The number of hydrogen-bond donors (Lipinski definition) is 0. The maximum atomic E-state index is 2.76. The van der Waals surface area contributed by atoms with Crippen molar-refractivity contribution < 1.29 is 0 Å². The van der Waals surface area contributed by atoms with Crippen molar-refractivity contribution in [1.82, 2.24) is 9.13 Å². The molecule has 4 atom stereocenters. The predicted octanol–water partition coefficient (Wildman–Crippen LogP) is 9.62. The maximum Gasteiger partial charge on any atom is 0.0529 e. The second-order valence-corrected chi connectivity index (χ2v) is 11.9. The van der Waals surface area contributed by atoms with E-state index in [1.165, 1.54) is 88.6 Å². The summed E-state index contributed by atoms with van der Waals surface area (Å²) in [5.41, 5.74) is 9.14. The normalized spacial score (nSPS) is 25.1. The van der Waals surface area contributed by atoms with Gasteiger partial charge in [-0.25, -0.2) is 0 Å². The highest BCUT2D eigenvalue weighted by molar-refractivity contribution is 6.10. The summed E-state index contributed by atoms with van der Waals surface area (Å²) in [5, 5.41) is 5.79. The van der Waals surface area contributed by atoms with Gasteiger partial charge >= 0.3 is 0 Å². The fraction of sp³-hybridized carbons (Fsp3) is 0.314. The Morgan fingerprint density at radius 2 is 0.973 bits per heavy atom. The molecule has 3 aliphatic rings. The van der Waals surface area contributed by atoms with Crippen LogP contribution in [0.1, 0.15) is 80.0 Å². The number of fused-ring (bicyclic) bond motifs is 14. The molecule has 37 heavy (non-hydrogen) atoms. The van der Waals surface area contributed by atoms with Gasteiger partial charge in [0.25, 0.3) is 0 Å². The molecule has 0 N–H and O–H groups in total. The quantitative estimate of drug-likeness (QED) is 0.205. The van der Waals surface area contributed by atoms with Crippen molar-refractivity contribution in [2.75, 3.05) is 0 Å². The molecule has 4 bridgehead atoms. The van der Waals surface area contributed by atoms with Crippen LogP contribution in [0.2, 0.25) is 0 Å². The fourth-order valence-electron chi connectivity index (χ4n) is 8.73. The van der Waals surface area contributed by atoms with Crippen LogP contribution in [0.4, 0.5) is 0 Å². The van der Waals surface area contributed by atoms with Crippen LogP contribution in [0.15, 0.2) is 84.9 Å². The molecule has 4 heterocycles. The van der Waals surface area contributed by atoms with E-state index in [9.17, 15) is 0 Å². The molecule has 9 rings (SSSR count). The largest absolute Gasteiger partial charge is 0.337 e. The van der Waals surface area contributed by atoms with Crippen molar-refractivity contribution >= 4 is 43.6 Å². The van der Waals surface area contributed by atoms with Gasteiger partial charge in [0.1, 0.15) is 0 Å². The zero-order chi connectivity index (χ0) is 24.1. The Morgan fingerprint density at radius 1 is 0.459 bits per heavy atom. The Bertz CT molecular complexity index is 1850. The third-order valence-corrected chi connectivity index (χ3v) is 10.2. The molecular weight excluding hydrogens is 448 g/mol. The molecule has 2 nitrogen and oxygen atoms in total. The Hall–Kier alpha value is -3.52. The van der Waals surface area contributed by atoms with Crippen LogP contribution >= 0.6 is 0 Å². The summed E-state index contributed by atoms with van der Waals surface area (Å²) in [6.45, 7) is 0. The molecule has 1 saturated carbocycles. The molecule has 2 aliphatic heterocycles. The number of hydrogen-bond acceptors (Lipinski definition) is 0. The zero-order valence-corrected chi connectivity index (χ0v) is 21.2. The monoisotopic (exact) mass is 480 g/mol. The van der Waals surface area contributed by atoms with Crippen molar-refractivity contribution in [1.29, 1.82) is 0 Å². The number of nitrogens with zero attached hydrogens (tertiary/aromatic N) is 2. The van der Waals surface area contributed by atoms with E-state index in [4.69, 9.17) is 0 Å². The van der Waals surface area contributed by atoms with Gasteiger partial charge < -0.3 is 9.13 Å². The summed E-state index contributed by atoms with van der Waals surface area (Å²) in [7, 11) is 0. The van der Waals surface area contributed by atoms with Gasteiger partial charge in [-0.1, -0.05) is 79.2 Å². The van der Waals surface area contributed by atoms with Gasteiger partial charge in [0.15, 0.2) is 0 Å². The molecule has 1 fully saturated rings. The second-order valence-electron chi connectivity index (χ2n) is 11.9. The summed E-state index contributed by atoms with van der Waals surface area (Å²) in [5.74, 6) is 1.32. The van der Waals surface area contributed by atoms with Crippen LogP contribution in [-0.4, -0.2) is 9.13 Å². The van der Waals surface area contributed by atoms with Gasteiger partial charge in [0.2, 0.25) is 0 Å². The molecule has 0 saturated heterocycles. The molecule has 2 heteroatoms. The highest BCUT2D eigenvalue weighted by Gasteiger charge is 2.35. The van der Waals surface area contributed by atoms with Crippen molar-refractivity contribution in [3.05, 3.63) is 96.1 Å². The van der Waals surface area contributed by atoms with E-state index < -0.39 is 0 Å². The topological polar surface area (TPSA) is 9.86 Å². The van der Waals surface area contributed by atoms with E-state index >= 15 is 0 Å². The van der Waals surface area contributed by atoms with Crippen molar-refractivity contribution in [2.24, 2.45) is 0 Å². The summed E-state index contributed by atoms with van der Waals surface area (Å²) in [4.78, 5) is 0. The number of benzene rings is 4. The van der Waals surface area contributed by atoms with Crippen LogP contribution in [0.25, 0.3) is 43.6 Å². The smallest absolute Gasteiger partial charge is 0.0529 e. The van der Waals surface area contributed by atoms with Crippen LogP contribution in [0.5, 0.6) is 0 Å². The van der Waals surface area contributed by atoms with Crippen LogP contribution in [0.3, 0.4) is 0 Å². The summed E-state index contributed by atoms with van der Waals surface area (Å²) in [6, 6.07) is 33.7. The highest BCUT2D eigenvalue weighted by Crippen LogP contribution is 2.51. The Morgan fingerprint density at radius 3 is 1.59 bits per heavy atom. The molecule has 0 radical (unpaired) electrons. The Labute approximate surface area is 217 Å². The minimum atomic E-state index is 0.589. The Balaban J connectivity index is 1.23. The highest BCUT2D eigenvalue weighted by atomic mass is 15.0. The van der Waals surface area contributed by atoms with Gasteiger partial charge in [0.05, 0.1) is 11.0 Å². The predicted molar refractivity (Wildman–Crippen MR) is 155 cm³/mol. The van der Waals surface area contributed by atoms with Gasteiger partial charge in [-0.05, 0) is 73.6 Å². The van der Waals surface area contributed by atoms with Crippen LogP contribution in [-0.2, 0) is 0 Å². The van der Waals surface area contributed by atoms with Crippen molar-refractivity contribution in [3.8, 4) is 0 Å². The fourth-order valence-corrected chi connectivity index (χ4v) is 8.73. The minimum Gasteiger partial charge on any atom is -0.337 e. The minimum absolute atomic E-state index is 0.589. The summed E-state index contributed by atoms with van der Waals surface area (Å²) in [6.07, 6.45) is 9.04. The first-order valence-electron chi connectivity index (χ1n) is 14.4. The molecule has 6 aromatic rings. The number of para-hydroxylation sites is 4. The molecular formula is C35H32N2. The second kappa shape index (κ2) is 7.51. The standard InChI is InChI=1S/C35H32N2/c1-3-16-32-28(10-1)31-15-7-13-27-23-18-19-25-20-22(8-5-9-24(21-23)36(32)35(27)31)26-12-6-14-30-29-11-2-4-17-33(29)37(25)34(26)30/h1-4,6-7,10-17,22-25H,5,8-9,18-21H2. The van der Waals surface area contributed by atoms with Crippen LogP contribution < -0.4 is 0 Å². The molecule has 4 aromatic carbocycles. The van der Waals surface area contributed by atoms with Crippen molar-refractivity contribution in [2.45, 2.75) is 68.9 Å². The molecule has 0 amide bonds. The average Bonchev–Trinajstić information content (AvgIpc) is 3.46. The lowest BCUT2D eigenvalue weighted by Crippen LogP contribution is -2.21. The van der Waals surface area contributed by atoms with E-state index in [0.717, 1.165) is 0 Å². The van der Waals surface area contributed by atoms with E-state index in [2.05, 4.69) is 94.1 Å². The average molecular weight is 481 g/mol. The third kappa shape index (κ3) is 2.71. The number of aromatic nitrogens is 2. The van der Waals surface area contributed by atoms with Gasteiger partial charge in [-0.15, -0.1) is 0 Å². The third-order valence-electron chi connectivity index (χ3n) is 10.2. The van der Waals surface area contributed by atoms with E-state index in [1.54, 1.807) is 11.1 Å². The Kier molecular flexibility index (Phi) is 4.16.